The van der Waals surface area contributed by atoms with E-state index in [0.29, 0.717) is 50.4 Å². The number of aliphatic imine (C=N–C) groups is 1. The molecule has 4 aliphatic rings. The van der Waals surface area contributed by atoms with Gasteiger partial charge in [-0.1, -0.05) is 30.3 Å². The van der Waals surface area contributed by atoms with E-state index in [1.165, 1.54) is 12.1 Å². The summed E-state index contributed by atoms with van der Waals surface area (Å²) in [6, 6.07) is 12.6. The first-order chi connectivity index (χ1) is 14.5. The van der Waals surface area contributed by atoms with Crippen LogP contribution in [0, 0.1) is 5.82 Å². The van der Waals surface area contributed by atoms with Gasteiger partial charge in [-0.05, 0) is 23.3 Å². The number of benzene rings is 2. The van der Waals surface area contributed by atoms with Gasteiger partial charge in [0.2, 0.25) is 5.60 Å². The van der Waals surface area contributed by atoms with Crippen molar-refractivity contribution in [1.82, 2.24) is 4.90 Å². The molecule has 3 aliphatic heterocycles. The van der Waals surface area contributed by atoms with Gasteiger partial charge in [0.15, 0.2) is 0 Å². The van der Waals surface area contributed by atoms with Gasteiger partial charge in [0, 0.05) is 44.3 Å². The van der Waals surface area contributed by atoms with Gasteiger partial charge in [-0.15, -0.1) is 0 Å². The lowest BCUT2D eigenvalue weighted by molar-refractivity contribution is -0.130. The molecule has 0 atom stereocenters. The van der Waals surface area contributed by atoms with Gasteiger partial charge in [-0.25, -0.2) is 9.18 Å². The van der Waals surface area contributed by atoms with E-state index in [2.05, 4.69) is 4.99 Å². The topological polar surface area (TPSA) is 68.2 Å². The van der Waals surface area contributed by atoms with Crippen LogP contribution >= 0.6 is 0 Å². The van der Waals surface area contributed by atoms with Crippen LogP contribution in [0.25, 0.3) is 0 Å². The van der Waals surface area contributed by atoms with Crippen molar-refractivity contribution >= 4 is 17.9 Å². The average molecular weight is 406 g/mol. The summed E-state index contributed by atoms with van der Waals surface area (Å²) in [5.74, 6) is -1.16. The van der Waals surface area contributed by atoms with Crippen LogP contribution in [-0.2, 0) is 32.7 Å². The number of esters is 1. The number of nitrogens with zero attached hydrogens (tertiary/aromatic N) is 2. The summed E-state index contributed by atoms with van der Waals surface area (Å²) >= 11 is 0. The first-order valence-electron chi connectivity index (χ1n) is 10.2. The van der Waals surface area contributed by atoms with E-state index < -0.39 is 23.0 Å². The molecule has 2 aromatic rings. The quantitative estimate of drug-likeness (QED) is 0.630. The first kappa shape index (κ1) is 17.6. The molecule has 0 unspecified atom stereocenters. The molecule has 6 nitrogen and oxygen atoms in total. The number of amides is 1. The van der Waals surface area contributed by atoms with E-state index >= 15 is 0 Å². The van der Waals surface area contributed by atoms with Crippen LogP contribution < -0.4 is 0 Å². The molecule has 1 saturated heterocycles. The second kappa shape index (κ2) is 5.90. The van der Waals surface area contributed by atoms with E-state index in [1.807, 2.05) is 29.2 Å². The lowest BCUT2D eigenvalue weighted by Crippen LogP contribution is -2.47. The Balaban J connectivity index is 1.20. The minimum absolute atomic E-state index is 0.234. The highest BCUT2D eigenvalue weighted by Crippen LogP contribution is 2.45. The molecule has 0 bridgehead atoms. The molecule has 1 fully saturated rings. The maximum absolute atomic E-state index is 13.6. The number of hydrogen-bond acceptors (Lipinski definition) is 5. The predicted octanol–water partition coefficient (Wildman–Crippen LogP) is 2.74. The molecule has 0 radical (unpaired) electrons. The molecule has 7 heteroatoms. The number of carbonyl (C=O) groups excluding carboxylic acids is 2. The van der Waals surface area contributed by atoms with Gasteiger partial charge in [-0.2, -0.15) is 4.99 Å². The Kier molecular flexibility index (Phi) is 3.47. The Labute approximate surface area is 172 Å². The standard InChI is InChI=1S/C23H19FN2O4/c24-16-5-6-18-17(11-16)19(27)29-22(18)7-9-26(10-8-22)21-25-20(28)23(30-21)12-14-3-1-2-4-15(14)13-23/h1-6,11H,7-10,12-13H2. The summed E-state index contributed by atoms with van der Waals surface area (Å²) in [4.78, 5) is 31.2. The van der Waals surface area contributed by atoms with E-state index in [-0.39, 0.29) is 5.91 Å². The number of halogens is 1. The lowest BCUT2D eigenvalue weighted by Gasteiger charge is -2.39. The molecule has 152 valence electrons. The molecule has 6 rings (SSSR count). The summed E-state index contributed by atoms with van der Waals surface area (Å²) in [5.41, 5.74) is 1.61. The molecule has 3 heterocycles. The number of amidine groups is 1. The highest BCUT2D eigenvalue weighted by Gasteiger charge is 2.53. The minimum Gasteiger partial charge on any atom is -0.450 e. The Hall–Kier alpha value is -3.22. The SMILES string of the molecule is O=C1OC2(CCN(C3=NC(=O)C4(Cc5ccccc5C4)O3)CC2)c2ccc(F)cc21. The van der Waals surface area contributed by atoms with Crippen molar-refractivity contribution in [2.45, 2.75) is 36.9 Å². The van der Waals surface area contributed by atoms with Crippen LogP contribution in [0.15, 0.2) is 47.5 Å². The van der Waals surface area contributed by atoms with Crippen molar-refractivity contribution in [2.24, 2.45) is 4.99 Å². The minimum atomic E-state index is -0.932. The van der Waals surface area contributed by atoms with Gasteiger partial charge >= 0.3 is 5.97 Å². The fourth-order valence-corrected chi connectivity index (χ4v) is 5.17. The Morgan fingerprint density at radius 1 is 0.933 bits per heavy atom. The van der Waals surface area contributed by atoms with Crippen LogP contribution in [0.1, 0.15) is 39.9 Å². The smallest absolute Gasteiger partial charge is 0.339 e. The van der Waals surface area contributed by atoms with E-state index in [0.717, 1.165) is 16.7 Å². The van der Waals surface area contributed by atoms with Crippen LogP contribution in [0.4, 0.5) is 4.39 Å². The second-order valence-electron chi connectivity index (χ2n) is 8.48. The van der Waals surface area contributed by atoms with Crippen molar-refractivity contribution < 1.29 is 23.5 Å². The summed E-state index contributed by atoms with van der Waals surface area (Å²) in [6.45, 7) is 1.05. The normalized spacial score (nSPS) is 22.7. The zero-order valence-electron chi connectivity index (χ0n) is 16.2. The number of hydrogen-bond donors (Lipinski definition) is 0. The van der Waals surface area contributed by atoms with Crippen LogP contribution in [0.5, 0.6) is 0 Å². The summed E-state index contributed by atoms with van der Waals surface area (Å²) < 4.78 is 25.4. The second-order valence-corrected chi connectivity index (χ2v) is 8.48. The van der Waals surface area contributed by atoms with Gasteiger partial charge in [0.1, 0.15) is 11.4 Å². The molecule has 0 saturated carbocycles. The molecule has 0 aromatic heterocycles. The van der Waals surface area contributed by atoms with Crippen molar-refractivity contribution in [3.63, 3.8) is 0 Å². The van der Waals surface area contributed by atoms with Gasteiger partial charge in [-0.3, -0.25) is 4.79 Å². The maximum atomic E-state index is 13.6. The Bertz CT molecular complexity index is 1110. The van der Waals surface area contributed by atoms with Crippen molar-refractivity contribution in [3.05, 3.63) is 70.5 Å². The van der Waals surface area contributed by atoms with Crippen molar-refractivity contribution in [1.29, 1.82) is 0 Å². The third-order valence-corrected chi connectivity index (χ3v) is 6.77. The van der Waals surface area contributed by atoms with Gasteiger partial charge < -0.3 is 14.4 Å². The largest absolute Gasteiger partial charge is 0.450 e. The van der Waals surface area contributed by atoms with Gasteiger partial charge in [0.05, 0.1) is 5.56 Å². The van der Waals surface area contributed by atoms with Crippen LogP contribution in [0.3, 0.4) is 0 Å². The third-order valence-electron chi connectivity index (χ3n) is 6.77. The van der Waals surface area contributed by atoms with Gasteiger partial charge in [0.25, 0.3) is 11.9 Å². The molecule has 1 amide bonds. The molecular weight excluding hydrogens is 387 g/mol. The Morgan fingerprint density at radius 3 is 2.33 bits per heavy atom. The highest BCUT2D eigenvalue weighted by molar-refractivity contribution is 6.02. The zero-order chi connectivity index (χ0) is 20.5. The average Bonchev–Trinajstić information content (AvgIpc) is 3.35. The van der Waals surface area contributed by atoms with E-state index in [9.17, 15) is 14.0 Å². The first-order valence-corrected chi connectivity index (χ1v) is 10.2. The fourth-order valence-electron chi connectivity index (χ4n) is 5.17. The number of fused-ring (bicyclic) bond motifs is 3. The summed E-state index contributed by atoms with van der Waals surface area (Å²) in [5, 5.41) is 0. The number of piperidine rings is 1. The molecule has 30 heavy (non-hydrogen) atoms. The molecule has 1 aliphatic carbocycles. The number of rotatable bonds is 0. The monoisotopic (exact) mass is 406 g/mol. The zero-order valence-corrected chi connectivity index (χ0v) is 16.2. The molecule has 0 N–H and O–H groups in total. The number of ether oxygens (including phenoxy) is 2. The number of carbonyl (C=O) groups is 2. The van der Waals surface area contributed by atoms with E-state index in [4.69, 9.17) is 9.47 Å². The predicted molar refractivity (Wildman–Crippen MR) is 104 cm³/mol. The van der Waals surface area contributed by atoms with E-state index in [1.54, 1.807) is 6.07 Å². The number of likely N-dealkylation sites (tertiary alicyclic amines) is 1. The van der Waals surface area contributed by atoms with Crippen molar-refractivity contribution in [2.75, 3.05) is 13.1 Å². The molecule has 2 spiro atoms. The maximum Gasteiger partial charge on any atom is 0.339 e. The lowest BCUT2D eigenvalue weighted by atomic mass is 9.84. The fraction of sp³-hybridized carbons (Fsp3) is 0.348. The molecule has 2 aromatic carbocycles. The highest BCUT2D eigenvalue weighted by atomic mass is 19.1. The van der Waals surface area contributed by atoms with Crippen molar-refractivity contribution in [3.8, 4) is 0 Å². The third kappa shape index (κ3) is 2.38. The van der Waals surface area contributed by atoms with Crippen LogP contribution in [-0.4, -0.2) is 41.5 Å². The van der Waals surface area contributed by atoms with Crippen LogP contribution in [0.2, 0.25) is 0 Å². The summed E-state index contributed by atoms with van der Waals surface area (Å²) in [7, 11) is 0. The Morgan fingerprint density at radius 2 is 1.63 bits per heavy atom. The summed E-state index contributed by atoms with van der Waals surface area (Å²) in [6.07, 6.45) is 2.12. The molecular formula is C23H19FN2O4.